The van der Waals surface area contributed by atoms with Gasteiger partial charge in [-0.2, -0.15) is 5.26 Å². The number of ketones is 2. The third kappa shape index (κ3) is 3.70. The van der Waals surface area contributed by atoms with Gasteiger partial charge in [0.15, 0.2) is 18.2 Å². The molecule has 0 saturated heterocycles. The SMILES string of the molecule is CC1(C)CC[C@]2(CNC(=O)CF)CC[C@]3(C)[C@H](C(=O)C=C4[C@@]5(C)C=C(C#N)C(=O)C(C)(C)[C@@H]5CC[C@]43C)[C@@H]2C1. The minimum atomic E-state index is -1.02. The zero-order valence-electron chi connectivity index (χ0n) is 24.8. The van der Waals surface area contributed by atoms with Crippen molar-refractivity contribution in [1.29, 1.82) is 5.26 Å². The van der Waals surface area contributed by atoms with Crippen LogP contribution in [0.2, 0.25) is 0 Å². The average Bonchev–Trinajstić information content (AvgIpc) is 2.86. The van der Waals surface area contributed by atoms with E-state index in [0.717, 1.165) is 50.5 Å². The number of halogens is 1. The molecule has 1 amide bonds. The van der Waals surface area contributed by atoms with E-state index >= 15 is 0 Å². The molecule has 39 heavy (non-hydrogen) atoms. The molecule has 5 aliphatic carbocycles. The van der Waals surface area contributed by atoms with Gasteiger partial charge in [-0.3, -0.25) is 14.4 Å². The highest BCUT2D eigenvalue weighted by Crippen LogP contribution is 2.74. The smallest absolute Gasteiger partial charge is 0.251 e. The van der Waals surface area contributed by atoms with Crippen molar-refractivity contribution < 1.29 is 18.8 Å². The van der Waals surface area contributed by atoms with Crippen molar-refractivity contribution in [3.63, 3.8) is 0 Å². The van der Waals surface area contributed by atoms with Gasteiger partial charge in [-0.15, -0.1) is 0 Å². The number of allylic oxidation sites excluding steroid dienone is 4. The van der Waals surface area contributed by atoms with Crippen LogP contribution >= 0.6 is 0 Å². The molecule has 0 spiro atoms. The zero-order chi connectivity index (χ0) is 28.8. The van der Waals surface area contributed by atoms with Crippen LogP contribution in [0.3, 0.4) is 0 Å². The molecule has 0 unspecified atom stereocenters. The van der Waals surface area contributed by atoms with Crippen molar-refractivity contribution in [1.82, 2.24) is 5.32 Å². The fraction of sp³-hybridized carbons (Fsp3) is 0.758. The van der Waals surface area contributed by atoms with E-state index in [2.05, 4.69) is 46.0 Å². The summed E-state index contributed by atoms with van der Waals surface area (Å²) in [6.45, 7) is 14.7. The molecular weight excluding hydrogens is 491 g/mol. The highest BCUT2D eigenvalue weighted by molar-refractivity contribution is 6.04. The first-order valence-corrected chi connectivity index (χ1v) is 14.8. The summed E-state index contributed by atoms with van der Waals surface area (Å²) in [4.78, 5) is 39.7. The maximum absolute atomic E-state index is 14.5. The Morgan fingerprint density at radius 2 is 1.72 bits per heavy atom. The van der Waals surface area contributed by atoms with Crippen LogP contribution in [0.5, 0.6) is 0 Å². The lowest BCUT2D eigenvalue weighted by Crippen LogP contribution is -2.65. The summed E-state index contributed by atoms with van der Waals surface area (Å²) in [5.74, 6) is -0.579. The van der Waals surface area contributed by atoms with Crippen LogP contribution in [0, 0.1) is 61.6 Å². The topological polar surface area (TPSA) is 87.0 Å². The van der Waals surface area contributed by atoms with Gasteiger partial charge < -0.3 is 5.32 Å². The Balaban J connectivity index is 1.65. The number of hydrogen-bond donors (Lipinski definition) is 1. The standard InChI is InChI=1S/C33H45FN2O3/c1-28(2)10-12-33(19-36-25(38)17-34)13-11-32(7)26(21(33)16-28)22(37)14-24-30(5)15-20(18-35)27(39)29(3,4)23(30)8-9-31(24,32)6/h14-15,21,23,26H,8-13,16-17,19H2,1-7H3,(H,36,38)/t21-,23-,26-,30-,31+,32+,33+/m0/s1. The molecule has 7 atom stereocenters. The highest BCUT2D eigenvalue weighted by atomic mass is 19.1. The van der Waals surface area contributed by atoms with Gasteiger partial charge in [0.05, 0.1) is 5.57 Å². The number of Topliss-reactive ketones (excluding diaryl/α,β-unsaturated/α-hetero) is 1. The van der Waals surface area contributed by atoms with Gasteiger partial charge in [-0.1, -0.05) is 60.1 Å². The van der Waals surface area contributed by atoms with Crippen LogP contribution in [0.4, 0.5) is 4.39 Å². The van der Waals surface area contributed by atoms with E-state index in [-0.39, 0.29) is 56.6 Å². The van der Waals surface area contributed by atoms with Gasteiger partial charge in [0, 0.05) is 23.3 Å². The predicted molar refractivity (Wildman–Crippen MR) is 148 cm³/mol. The molecule has 0 aromatic heterocycles. The molecule has 1 N–H and O–H groups in total. The Morgan fingerprint density at radius 1 is 1.05 bits per heavy atom. The Bertz CT molecular complexity index is 1240. The molecule has 6 heteroatoms. The second kappa shape index (κ2) is 8.60. The average molecular weight is 537 g/mol. The van der Waals surface area contributed by atoms with Gasteiger partial charge in [-0.05, 0) is 84.5 Å². The Morgan fingerprint density at radius 3 is 2.36 bits per heavy atom. The fourth-order valence-corrected chi connectivity index (χ4v) is 10.4. The summed E-state index contributed by atoms with van der Waals surface area (Å²) in [7, 11) is 0. The van der Waals surface area contributed by atoms with Crippen LogP contribution in [0.15, 0.2) is 23.3 Å². The number of amides is 1. The number of hydrogen-bond acceptors (Lipinski definition) is 4. The van der Waals surface area contributed by atoms with Crippen LogP contribution < -0.4 is 5.32 Å². The highest BCUT2D eigenvalue weighted by Gasteiger charge is 2.69. The second-order valence-electron chi connectivity index (χ2n) is 15.5. The van der Waals surface area contributed by atoms with Gasteiger partial charge >= 0.3 is 0 Å². The number of nitrogens with one attached hydrogen (secondary N) is 1. The number of carbonyl (C=O) groups excluding carboxylic acids is 3. The molecule has 212 valence electrons. The lowest BCUT2D eigenvalue weighted by Gasteiger charge is -2.69. The van der Waals surface area contributed by atoms with Gasteiger partial charge in [0.25, 0.3) is 5.91 Å². The van der Waals surface area contributed by atoms with E-state index in [1.165, 1.54) is 0 Å². The number of nitriles is 1. The lowest BCUT2D eigenvalue weighted by molar-refractivity contribution is -0.170. The first-order chi connectivity index (χ1) is 18.0. The molecule has 0 aliphatic heterocycles. The van der Waals surface area contributed by atoms with Crippen LogP contribution in [-0.2, 0) is 14.4 Å². The van der Waals surface area contributed by atoms with E-state index in [1.54, 1.807) is 0 Å². The van der Waals surface area contributed by atoms with Gasteiger partial charge in [0.2, 0.25) is 0 Å². The summed E-state index contributed by atoms with van der Waals surface area (Å²) in [5, 5.41) is 12.7. The first-order valence-electron chi connectivity index (χ1n) is 14.8. The molecule has 0 aromatic rings. The third-order valence-electron chi connectivity index (χ3n) is 12.8. The van der Waals surface area contributed by atoms with E-state index in [4.69, 9.17) is 0 Å². The van der Waals surface area contributed by atoms with Crippen molar-refractivity contribution in [3.8, 4) is 6.07 Å². The molecule has 5 nitrogen and oxygen atoms in total. The van der Waals surface area contributed by atoms with Crippen molar-refractivity contribution in [2.75, 3.05) is 13.2 Å². The molecule has 0 radical (unpaired) electrons. The molecule has 0 heterocycles. The number of carbonyl (C=O) groups is 3. The van der Waals surface area contributed by atoms with Crippen LogP contribution in [0.1, 0.15) is 93.4 Å². The summed E-state index contributed by atoms with van der Waals surface area (Å²) >= 11 is 0. The summed E-state index contributed by atoms with van der Waals surface area (Å²) in [5.41, 5.74) is -0.601. The van der Waals surface area contributed by atoms with Crippen LogP contribution in [-0.4, -0.2) is 30.7 Å². The van der Waals surface area contributed by atoms with Crippen molar-refractivity contribution in [2.45, 2.75) is 93.4 Å². The fourth-order valence-electron chi connectivity index (χ4n) is 10.4. The quantitative estimate of drug-likeness (QED) is 0.459. The second-order valence-corrected chi connectivity index (χ2v) is 15.5. The maximum atomic E-state index is 14.5. The minimum absolute atomic E-state index is 0.0223. The Labute approximate surface area is 233 Å². The molecule has 5 aliphatic rings. The van der Waals surface area contributed by atoms with Crippen LogP contribution in [0.25, 0.3) is 0 Å². The third-order valence-corrected chi connectivity index (χ3v) is 12.8. The largest absolute Gasteiger partial charge is 0.353 e. The van der Waals surface area contributed by atoms with E-state index < -0.39 is 23.4 Å². The monoisotopic (exact) mass is 536 g/mol. The zero-order valence-corrected chi connectivity index (χ0v) is 24.8. The van der Waals surface area contributed by atoms with E-state index in [0.29, 0.717) is 6.54 Å². The number of fused-ring (bicyclic) bond motifs is 7. The molecular formula is C33H45FN2O3. The van der Waals surface area contributed by atoms with Gasteiger partial charge in [0.1, 0.15) is 6.07 Å². The molecule has 0 aromatic carbocycles. The van der Waals surface area contributed by atoms with Crippen molar-refractivity contribution in [3.05, 3.63) is 23.3 Å². The summed E-state index contributed by atoms with van der Waals surface area (Å²) < 4.78 is 13.1. The number of nitrogens with zero attached hydrogens (tertiary/aromatic N) is 1. The van der Waals surface area contributed by atoms with Crippen molar-refractivity contribution >= 4 is 17.5 Å². The van der Waals surface area contributed by atoms with E-state index in [9.17, 15) is 24.0 Å². The maximum Gasteiger partial charge on any atom is 0.251 e. The van der Waals surface area contributed by atoms with Crippen molar-refractivity contribution in [2.24, 2.45) is 50.2 Å². The molecule has 3 fully saturated rings. The lowest BCUT2D eigenvalue weighted by atomic mass is 9.34. The number of alkyl halides is 1. The Kier molecular flexibility index (Phi) is 6.23. The summed E-state index contributed by atoms with van der Waals surface area (Å²) in [6, 6.07) is 2.17. The first kappa shape index (κ1) is 28.2. The minimum Gasteiger partial charge on any atom is -0.353 e. The normalized spacial score (nSPS) is 43.9. The molecule has 5 rings (SSSR count). The molecule has 3 saturated carbocycles. The summed E-state index contributed by atoms with van der Waals surface area (Å²) in [6.07, 6.45) is 10.2. The van der Waals surface area contributed by atoms with Gasteiger partial charge in [-0.25, -0.2) is 4.39 Å². The Hall–Kier alpha value is -2.29. The van der Waals surface area contributed by atoms with E-state index in [1.807, 2.05) is 26.0 Å². The molecule has 0 bridgehead atoms. The number of rotatable bonds is 3. The predicted octanol–water partition coefficient (Wildman–Crippen LogP) is 6.29.